The monoisotopic (exact) mass is 258 g/mol. The Morgan fingerprint density at radius 2 is 2.28 bits per heavy atom. The van der Waals surface area contributed by atoms with Crippen molar-refractivity contribution < 1.29 is 9.90 Å². The maximum atomic E-state index is 10.9. The molecule has 90 valence electrons. The molecular weight excluding hydrogens is 248 g/mol. The minimum atomic E-state index is -0.853. The smallest absolute Gasteiger partial charge is 0.323 e. The van der Waals surface area contributed by atoms with Crippen LogP contribution in [0, 0.1) is 0 Å². The van der Waals surface area contributed by atoms with E-state index in [2.05, 4.69) is 4.98 Å². The van der Waals surface area contributed by atoms with Gasteiger partial charge in [-0.25, -0.2) is 0 Å². The molecule has 18 heavy (non-hydrogen) atoms. The van der Waals surface area contributed by atoms with E-state index in [0.29, 0.717) is 0 Å². The highest BCUT2D eigenvalue weighted by Gasteiger charge is 2.12. The Kier molecular flexibility index (Phi) is 2.60. The molecule has 0 spiro atoms. The first-order valence-electron chi connectivity index (χ1n) is 5.45. The van der Waals surface area contributed by atoms with Crippen LogP contribution in [0.2, 0.25) is 0 Å². The molecule has 5 heteroatoms. The van der Waals surface area contributed by atoms with E-state index < -0.39 is 5.97 Å². The van der Waals surface area contributed by atoms with Gasteiger partial charge in [-0.05, 0) is 23.6 Å². The van der Waals surface area contributed by atoms with Crippen molar-refractivity contribution in [2.24, 2.45) is 0 Å². The van der Waals surface area contributed by atoms with E-state index in [1.165, 1.54) is 0 Å². The second-order valence-corrected chi connectivity index (χ2v) is 4.86. The van der Waals surface area contributed by atoms with Gasteiger partial charge >= 0.3 is 5.97 Å². The number of carbonyl (C=O) groups is 1. The molecule has 3 heterocycles. The van der Waals surface area contributed by atoms with Crippen LogP contribution in [0.15, 0.2) is 42.0 Å². The first-order chi connectivity index (χ1) is 8.75. The zero-order valence-electron chi connectivity index (χ0n) is 9.41. The summed E-state index contributed by atoms with van der Waals surface area (Å²) in [5.41, 5.74) is 1.72. The average molecular weight is 258 g/mol. The molecule has 0 aliphatic carbocycles. The molecule has 0 radical (unpaired) electrons. The van der Waals surface area contributed by atoms with Crippen molar-refractivity contribution >= 4 is 28.2 Å². The summed E-state index contributed by atoms with van der Waals surface area (Å²) in [5, 5.41) is 11.9. The van der Waals surface area contributed by atoms with E-state index in [0.717, 1.165) is 21.5 Å². The first kappa shape index (κ1) is 11.0. The summed E-state index contributed by atoms with van der Waals surface area (Å²) in [7, 11) is 0. The molecule has 0 aromatic carbocycles. The van der Waals surface area contributed by atoms with Crippen LogP contribution < -0.4 is 0 Å². The number of nitrogens with zero attached hydrogens (tertiary/aromatic N) is 2. The van der Waals surface area contributed by atoms with Gasteiger partial charge < -0.3 is 9.67 Å². The van der Waals surface area contributed by atoms with Crippen LogP contribution in [0.4, 0.5) is 0 Å². The summed E-state index contributed by atoms with van der Waals surface area (Å²) in [6, 6.07) is 7.76. The number of thiophene rings is 1. The van der Waals surface area contributed by atoms with Crippen LogP contribution >= 0.6 is 11.3 Å². The largest absolute Gasteiger partial charge is 0.480 e. The topological polar surface area (TPSA) is 55.1 Å². The van der Waals surface area contributed by atoms with Crippen molar-refractivity contribution in [2.45, 2.75) is 6.54 Å². The molecule has 0 aliphatic rings. The Balaban J connectivity index is 2.25. The van der Waals surface area contributed by atoms with Crippen molar-refractivity contribution in [2.75, 3.05) is 0 Å². The van der Waals surface area contributed by atoms with Gasteiger partial charge in [0, 0.05) is 17.8 Å². The number of hydrogen-bond donors (Lipinski definition) is 1. The number of pyridine rings is 1. The number of hydrogen-bond acceptors (Lipinski definition) is 3. The average Bonchev–Trinajstić information content (AvgIpc) is 2.98. The molecule has 3 rings (SSSR count). The molecule has 0 fully saturated rings. The third-order valence-corrected chi connectivity index (χ3v) is 3.61. The summed E-state index contributed by atoms with van der Waals surface area (Å²) >= 11 is 1.60. The van der Waals surface area contributed by atoms with Crippen LogP contribution in [0.3, 0.4) is 0 Å². The van der Waals surface area contributed by atoms with Gasteiger partial charge in [0.1, 0.15) is 12.2 Å². The normalized spacial score (nSPS) is 10.9. The lowest BCUT2D eigenvalue weighted by molar-refractivity contribution is -0.137. The Labute approximate surface area is 107 Å². The Hall–Kier alpha value is -2.14. The van der Waals surface area contributed by atoms with Crippen LogP contribution in [-0.4, -0.2) is 20.6 Å². The van der Waals surface area contributed by atoms with Gasteiger partial charge in [0.05, 0.1) is 10.4 Å². The molecule has 3 aromatic heterocycles. The second kappa shape index (κ2) is 4.27. The van der Waals surface area contributed by atoms with E-state index in [9.17, 15) is 4.79 Å². The van der Waals surface area contributed by atoms with Crippen LogP contribution in [-0.2, 0) is 11.3 Å². The number of carboxylic acid groups (broad SMARTS) is 1. The number of aromatic nitrogens is 2. The number of rotatable bonds is 3. The summed E-state index contributed by atoms with van der Waals surface area (Å²) in [6.07, 6.45) is 3.54. The molecule has 0 aliphatic heterocycles. The molecule has 1 N–H and O–H groups in total. The molecule has 3 aromatic rings. The lowest BCUT2D eigenvalue weighted by Crippen LogP contribution is -2.07. The zero-order chi connectivity index (χ0) is 12.5. The molecule has 0 saturated carbocycles. The van der Waals surface area contributed by atoms with Crippen molar-refractivity contribution in [1.29, 1.82) is 0 Å². The summed E-state index contributed by atoms with van der Waals surface area (Å²) in [4.78, 5) is 16.3. The van der Waals surface area contributed by atoms with Gasteiger partial charge in [-0.3, -0.25) is 9.78 Å². The standard InChI is InChI=1S/C13H10N2O2S/c16-11(17)8-15-6-4-9-3-5-14-12(13(9)15)10-2-1-7-18-10/h1-7H,8H2,(H,16,17). The number of aliphatic carboxylic acids is 1. The van der Waals surface area contributed by atoms with Crippen molar-refractivity contribution in [3.05, 3.63) is 42.0 Å². The number of carboxylic acids is 1. The minimum absolute atomic E-state index is 0.0480. The van der Waals surface area contributed by atoms with Gasteiger partial charge in [-0.1, -0.05) is 6.07 Å². The fourth-order valence-electron chi connectivity index (χ4n) is 2.02. The summed E-state index contributed by atoms with van der Waals surface area (Å²) < 4.78 is 1.72. The lowest BCUT2D eigenvalue weighted by atomic mass is 10.2. The van der Waals surface area contributed by atoms with Gasteiger partial charge in [0.15, 0.2) is 0 Å². The van der Waals surface area contributed by atoms with Gasteiger partial charge in [-0.2, -0.15) is 0 Å². The third-order valence-electron chi connectivity index (χ3n) is 2.74. The van der Waals surface area contributed by atoms with Gasteiger partial charge in [0.2, 0.25) is 0 Å². The van der Waals surface area contributed by atoms with Crippen molar-refractivity contribution in [1.82, 2.24) is 9.55 Å². The zero-order valence-corrected chi connectivity index (χ0v) is 10.2. The fourth-order valence-corrected chi connectivity index (χ4v) is 2.74. The van der Waals surface area contributed by atoms with Crippen molar-refractivity contribution in [3.63, 3.8) is 0 Å². The quantitative estimate of drug-likeness (QED) is 0.786. The highest BCUT2D eigenvalue weighted by Crippen LogP contribution is 2.30. The SMILES string of the molecule is O=C(O)Cn1ccc2ccnc(-c3cccs3)c21. The maximum absolute atomic E-state index is 10.9. The van der Waals surface area contributed by atoms with E-state index in [-0.39, 0.29) is 6.54 Å². The molecule has 0 amide bonds. The fraction of sp³-hybridized carbons (Fsp3) is 0.0769. The van der Waals surface area contributed by atoms with Gasteiger partial charge in [0.25, 0.3) is 0 Å². The summed E-state index contributed by atoms with van der Waals surface area (Å²) in [5.74, 6) is -0.853. The molecule has 0 bridgehead atoms. The summed E-state index contributed by atoms with van der Waals surface area (Å²) in [6.45, 7) is -0.0480. The van der Waals surface area contributed by atoms with E-state index >= 15 is 0 Å². The predicted octanol–water partition coefficient (Wildman–Crippen LogP) is 2.85. The van der Waals surface area contributed by atoms with E-state index in [4.69, 9.17) is 5.11 Å². The number of fused-ring (bicyclic) bond motifs is 1. The van der Waals surface area contributed by atoms with E-state index in [1.54, 1.807) is 28.3 Å². The molecule has 4 nitrogen and oxygen atoms in total. The first-order valence-corrected chi connectivity index (χ1v) is 6.33. The van der Waals surface area contributed by atoms with Crippen LogP contribution in [0.25, 0.3) is 21.5 Å². The minimum Gasteiger partial charge on any atom is -0.480 e. The van der Waals surface area contributed by atoms with Gasteiger partial charge in [-0.15, -0.1) is 11.3 Å². The molecule has 0 saturated heterocycles. The second-order valence-electron chi connectivity index (χ2n) is 3.91. The highest BCUT2D eigenvalue weighted by atomic mass is 32.1. The van der Waals surface area contributed by atoms with Crippen LogP contribution in [0.5, 0.6) is 0 Å². The predicted molar refractivity (Wildman–Crippen MR) is 70.7 cm³/mol. The Morgan fingerprint density at radius 3 is 3.00 bits per heavy atom. The Morgan fingerprint density at radius 1 is 1.39 bits per heavy atom. The maximum Gasteiger partial charge on any atom is 0.323 e. The third kappa shape index (κ3) is 1.78. The van der Waals surface area contributed by atoms with E-state index in [1.807, 2.05) is 29.6 Å². The van der Waals surface area contributed by atoms with Crippen molar-refractivity contribution in [3.8, 4) is 10.6 Å². The Bertz CT molecular complexity index is 701. The highest BCUT2D eigenvalue weighted by molar-refractivity contribution is 7.13. The molecule has 0 unspecified atom stereocenters. The lowest BCUT2D eigenvalue weighted by Gasteiger charge is -2.05. The van der Waals surface area contributed by atoms with Crippen LogP contribution in [0.1, 0.15) is 0 Å². The molecule has 0 atom stereocenters. The molecular formula is C13H10N2O2S.